The zero-order valence-corrected chi connectivity index (χ0v) is 32.5. The minimum atomic E-state index is 0.267. The van der Waals surface area contributed by atoms with Gasteiger partial charge in [0.15, 0.2) is 0 Å². The highest BCUT2D eigenvalue weighted by Crippen LogP contribution is 2.26. The number of ether oxygens (including phenoxy) is 1. The van der Waals surface area contributed by atoms with Gasteiger partial charge in [-0.3, -0.25) is 4.98 Å². The van der Waals surface area contributed by atoms with Gasteiger partial charge in [-0.1, -0.05) is 54.6 Å². The van der Waals surface area contributed by atoms with Crippen molar-refractivity contribution in [3.8, 4) is 29.2 Å². The fourth-order valence-corrected chi connectivity index (χ4v) is 5.50. The molecule has 0 saturated heterocycles. The van der Waals surface area contributed by atoms with Crippen molar-refractivity contribution >= 4 is 48.9 Å². The van der Waals surface area contributed by atoms with Crippen molar-refractivity contribution in [2.45, 2.75) is 33.5 Å². The number of methoxy groups -OCH3 is 1. The number of pyridine rings is 3. The van der Waals surface area contributed by atoms with Gasteiger partial charge in [0.05, 0.1) is 52.9 Å². The zero-order chi connectivity index (χ0) is 38.2. The first-order valence-corrected chi connectivity index (χ1v) is 17.9. The summed E-state index contributed by atoms with van der Waals surface area (Å²) < 4.78 is 6.81. The third-order valence-electron chi connectivity index (χ3n) is 7.63. The number of aromatic nitrogens is 3. The topological polar surface area (TPSA) is 168 Å². The van der Waals surface area contributed by atoms with Gasteiger partial charge in [0.2, 0.25) is 5.88 Å². The maximum absolute atomic E-state index is 9.64. The molecule has 6 aromatic rings. The van der Waals surface area contributed by atoms with Gasteiger partial charge in [0.25, 0.3) is 0 Å². The van der Waals surface area contributed by atoms with Crippen LogP contribution in [0.1, 0.15) is 33.6 Å². The molecule has 13 heteroatoms. The summed E-state index contributed by atoms with van der Waals surface area (Å²) in [5.41, 5.74) is 7.35. The number of nitrogens with zero attached hydrogens (tertiary/aromatic N) is 4. The van der Waals surface area contributed by atoms with Crippen molar-refractivity contribution in [3.05, 3.63) is 152 Å². The normalized spacial score (nSPS) is 10.0. The van der Waals surface area contributed by atoms with Crippen LogP contribution in [0.5, 0.6) is 23.1 Å². The number of hydrogen-bond donors (Lipinski definition) is 6. The minimum absolute atomic E-state index is 0.267. The Kier molecular flexibility index (Phi) is 15.3. The van der Waals surface area contributed by atoms with Gasteiger partial charge in [-0.15, -0.1) is 0 Å². The lowest BCUT2D eigenvalue weighted by atomic mass is 10.2. The molecule has 53 heavy (non-hydrogen) atoms. The first-order chi connectivity index (χ1) is 25.6. The van der Waals surface area contributed by atoms with Crippen LogP contribution < -0.4 is 20.7 Å². The maximum Gasteiger partial charge on any atom is 0.227 e. The lowest BCUT2D eigenvalue weighted by molar-refractivity contribution is 0.395. The van der Waals surface area contributed by atoms with E-state index in [4.69, 9.17) is 10.00 Å². The second-order valence-electron chi connectivity index (χ2n) is 11.5. The fourth-order valence-electron chi connectivity index (χ4n) is 4.64. The molecule has 0 unspecified atom stereocenters. The SMILES string of the molecule is COc1ncc(NCc2ccccc2O)cc1Br.Cc1cc(NCc2ccccc2O)cnc1C#N.Cc1ncc(NCc2ccccc2O)cc1Br. The summed E-state index contributed by atoms with van der Waals surface area (Å²) in [5.74, 6) is 1.40. The number of aromatic hydroxyl groups is 3. The number of rotatable bonds is 10. The van der Waals surface area contributed by atoms with Gasteiger partial charge >= 0.3 is 0 Å². The van der Waals surface area contributed by atoms with Gasteiger partial charge in [-0.2, -0.15) is 5.26 Å². The molecule has 3 heterocycles. The lowest BCUT2D eigenvalue weighted by Gasteiger charge is -2.09. The molecule has 11 nitrogen and oxygen atoms in total. The number of para-hydroxylation sites is 3. The summed E-state index contributed by atoms with van der Waals surface area (Å²) in [7, 11) is 1.57. The highest BCUT2D eigenvalue weighted by Gasteiger charge is 2.06. The molecule has 3 aromatic heterocycles. The summed E-state index contributed by atoms with van der Waals surface area (Å²) in [6.45, 7) is 5.41. The van der Waals surface area contributed by atoms with Crippen LogP contribution in [-0.2, 0) is 19.6 Å². The van der Waals surface area contributed by atoms with Crippen molar-refractivity contribution in [2.75, 3.05) is 23.1 Å². The van der Waals surface area contributed by atoms with E-state index in [0.29, 0.717) is 37.0 Å². The van der Waals surface area contributed by atoms with Crippen LogP contribution in [0.25, 0.3) is 0 Å². The Bertz CT molecular complexity index is 2160. The Morgan fingerprint density at radius 1 is 0.623 bits per heavy atom. The fraction of sp³-hybridized carbons (Fsp3) is 0.150. The second kappa shape index (κ2) is 20.3. The third kappa shape index (κ3) is 12.4. The number of nitriles is 1. The number of phenols is 3. The van der Waals surface area contributed by atoms with Crippen molar-refractivity contribution < 1.29 is 20.1 Å². The Labute approximate surface area is 325 Å². The highest BCUT2D eigenvalue weighted by molar-refractivity contribution is 9.10. The molecule has 6 N–H and O–H groups in total. The van der Waals surface area contributed by atoms with E-state index in [2.05, 4.69) is 62.8 Å². The molecule has 0 atom stereocenters. The van der Waals surface area contributed by atoms with Crippen LogP contribution in [0.15, 0.2) is 119 Å². The van der Waals surface area contributed by atoms with Crippen LogP contribution in [0.3, 0.4) is 0 Å². The molecular formula is C40H39Br2N7O4. The molecule has 0 aliphatic rings. The van der Waals surface area contributed by atoms with Crippen LogP contribution in [0, 0.1) is 25.2 Å². The van der Waals surface area contributed by atoms with E-state index in [1.54, 1.807) is 56.0 Å². The van der Waals surface area contributed by atoms with Gasteiger partial charge in [-0.05, 0) is 87.7 Å². The molecule has 0 fully saturated rings. The van der Waals surface area contributed by atoms with E-state index in [0.717, 1.165) is 54.0 Å². The lowest BCUT2D eigenvalue weighted by Crippen LogP contribution is -2.01. The highest BCUT2D eigenvalue weighted by atomic mass is 79.9. The van der Waals surface area contributed by atoms with E-state index in [1.807, 2.05) is 80.6 Å². The monoisotopic (exact) mass is 839 g/mol. The molecule has 0 amide bonds. The largest absolute Gasteiger partial charge is 0.508 e. The van der Waals surface area contributed by atoms with E-state index in [9.17, 15) is 15.3 Å². The van der Waals surface area contributed by atoms with E-state index in [-0.39, 0.29) is 11.5 Å². The van der Waals surface area contributed by atoms with E-state index in [1.165, 1.54) is 0 Å². The first-order valence-electron chi connectivity index (χ1n) is 16.3. The number of phenolic OH excluding ortho intramolecular Hbond substituents is 3. The Hall–Kier alpha value is -5.84. The average Bonchev–Trinajstić information content (AvgIpc) is 3.16. The van der Waals surface area contributed by atoms with E-state index >= 15 is 0 Å². The molecule has 272 valence electrons. The van der Waals surface area contributed by atoms with E-state index < -0.39 is 0 Å². The molecule has 3 aromatic carbocycles. The maximum atomic E-state index is 9.64. The minimum Gasteiger partial charge on any atom is -0.508 e. The summed E-state index contributed by atoms with van der Waals surface area (Å²) in [6, 6.07) is 29.4. The van der Waals surface area contributed by atoms with Gasteiger partial charge < -0.3 is 36.0 Å². The van der Waals surface area contributed by atoms with Crippen molar-refractivity contribution in [2.24, 2.45) is 0 Å². The second-order valence-corrected chi connectivity index (χ2v) is 13.2. The quantitative estimate of drug-likeness (QED) is 0.0778. The van der Waals surface area contributed by atoms with Crippen LogP contribution in [0.2, 0.25) is 0 Å². The number of hydrogen-bond acceptors (Lipinski definition) is 11. The molecular weight excluding hydrogens is 802 g/mol. The average molecular weight is 842 g/mol. The molecule has 0 saturated carbocycles. The molecule has 0 aliphatic carbocycles. The molecule has 0 spiro atoms. The molecule has 0 radical (unpaired) electrons. The number of nitrogens with one attached hydrogen (secondary N) is 3. The van der Waals surface area contributed by atoms with Crippen molar-refractivity contribution in [3.63, 3.8) is 0 Å². The third-order valence-corrected chi connectivity index (χ3v) is 9.00. The summed E-state index contributed by atoms with van der Waals surface area (Å²) in [4.78, 5) is 12.4. The summed E-state index contributed by atoms with van der Waals surface area (Å²) in [5, 5.41) is 47.2. The predicted molar refractivity (Wildman–Crippen MR) is 215 cm³/mol. The smallest absolute Gasteiger partial charge is 0.227 e. The molecule has 0 aliphatic heterocycles. The summed E-state index contributed by atoms with van der Waals surface area (Å²) in [6.07, 6.45) is 5.08. The number of halogens is 2. The van der Waals surface area contributed by atoms with Crippen molar-refractivity contribution in [1.29, 1.82) is 5.26 Å². The number of benzene rings is 3. The summed E-state index contributed by atoms with van der Waals surface area (Å²) >= 11 is 6.81. The molecule has 6 rings (SSSR count). The Morgan fingerprint density at radius 2 is 1.04 bits per heavy atom. The van der Waals surface area contributed by atoms with Gasteiger partial charge in [-0.25, -0.2) is 9.97 Å². The first kappa shape index (κ1) is 39.9. The van der Waals surface area contributed by atoms with Crippen LogP contribution in [0.4, 0.5) is 17.1 Å². The molecule has 0 bridgehead atoms. The van der Waals surface area contributed by atoms with Crippen LogP contribution in [-0.4, -0.2) is 37.4 Å². The number of anilines is 3. The Morgan fingerprint density at radius 3 is 1.43 bits per heavy atom. The zero-order valence-electron chi connectivity index (χ0n) is 29.3. The van der Waals surface area contributed by atoms with Crippen LogP contribution >= 0.6 is 31.9 Å². The standard InChI is InChI=1S/C14H13N3O.C13H13BrN2O2.C13H13BrN2O/c1-10-6-12(9-17-13(10)7-15)16-8-11-4-2-3-5-14(11)18;1-18-13-11(14)6-10(8-16-13)15-7-9-4-2-3-5-12(9)17;1-9-12(14)6-11(8-15-9)16-7-10-4-2-3-5-13(10)17/h2-6,9,16,18H,8H2,1H3;2-6,8,15,17H,7H2,1H3;2-6,8,16-17H,7H2,1H3. The van der Waals surface area contributed by atoms with Crippen molar-refractivity contribution in [1.82, 2.24) is 15.0 Å². The Balaban J connectivity index is 0.000000178. The number of aryl methyl sites for hydroxylation is 2. The van der Waals surface area contributed by atoms with Gasteiger partial charge in [0, 0.05) is 40.8 Å². The van der Waals surface area contributed by atoms with Gasteiger partial charge in [0.1, 0.15) is 29.0 Å². The predicted octanol–water partition coefficient (Wildman–Crippen LogP) is 9.22.